The quantitative estimate of drug-likeness (QED) is 0.629. The lowest BCUT2D eigenvalue weighted by atomic mass is 10.2. The molecule has 110 valence electrons. The van der Waals surface area contributed by atoms with Gasteiger partial charge < -0.3 is 0 Å². The first kappa shape index (κ1) is 15.8. The highest BCUT2D eigenvalue weighted by atomic mass is 32.2. The predicted molar refractivity (Wildman–Crippen MR) is 89.6 cm³/mol. The number of hydrogen-bond donors (Lipinski definition) is 1. The molecular weight excluding hydrogens is 302 g/mol. The minimum absolute atomic E-state index is 0.404. The maximum absolute atomic E-state index is 11.8. The summed E-state index contributed by atoms with van der Waals surface area (Å²) in [4.78, 5) is 1.14. The van der Waals surface area contributed by atoms with Crippen molar-refractivity contribution in [3.8, 4) is 0 Å². The Morgan fingerprint density at radius 1 is 0.952 bits per heavy atom. The standard InChI is InChI=1S/C16H17NO2S2/c18-21(19,14-11-15-7-3-1-4-8-15)17-12-13-20-16-9-5-2-6-10-16/h1-11,14,17H,12-13H2/b14-11+. The van der Waals surface area contributed by atoms with Gasteiger partial charge >= 0.3 is 0 Å². The van der Waals surface area contributed by atoms with Crippen molar-refractivity contribution < 1.29 is 8.42 Å². The molecule has 3 nitrogen and oxygen atoms in total. The molecule has 0 heterocycles. The van der Waals surface area contributed by atoms with E-state index in [4.69, 9.17) is 0 Å². The topological polar surface area (TPSA) is 46.2 Å². The third-order valence-electron chi connectivity index (χ3n) is 2.66. The summed E-state index contributed by atoms with van der Waals surface area (Å²) in [6.45, 7) is 0.404. The van der Waals surface area contributed by atoms with E-state index in [1.165, 1.54) is 5.41 Å². The van der Waals surface area contributed by atoms with Crippen molar-refractivity contribution in [3.05, 3.63) is 71.6 Å². The van der Waals surface area contributed by atoms with Crippen molar-refractivity contribution in [2.75, 3.05) is 12.3 Å². The fourth-order valence-electron chi connectivity index (χ4n) is 1.65. The zero-order chi connectivity index (χ0) is 15.0. The first-order valence-electron chi connectivity index (χ1n) is 6.56. The summed E-state index contributed by atoms with van der Waals surface area (Å²) in [6, 6.07) is 19.3. The summed E-state index contributed by atoms with van der Waals surface area (Å²) in [5.41, 5.74) is 0.863. The van der Waals surface area contributed by atoms with Crippen LogP contribution < -0.4 is 4.72 Å². The Kier molecular flexibility index (Phi) is 6.04. The molecule has 0 radical (unpaired) electrons. The molecule has 0 spiro atoms. The Hall–Kier alpha value is -1.56. The number of sulfonamides is 1. The van der Waals surface area contributed by atoms with Gasteiger partial charge in [-0.3, -0.25) is 0 Å². The second-order valence-electron chi connectivity index (χ2n) is 4.31. The van der Waals surface area contributed by atoms with Crippen LogP contribution in [0.1, 0.15) is 5.56 Å². The second-order valence-corrected chi connectivity index (χ2v) is 7.13. The van der Waals surface area contributed by atoms with Crippen LogP contribution in [0.25, 0.3) is 6.08 Å². The molecule has 0 aromatic heterocycles. The van der Waals surface area contributed by atoms with E-state index in [0.717, 1.165) is 10.5 Å². The Balaban J connectivity index is 1.78. The minimum Gasteiger partial charge on any atom is -0.211 e. The highest BCUT2D eigenvalue weighted by Gasteiger charge is 2.04. The molecule has 2 aromatic rings. The van der Waals surface area contributed by atoms with E-state index >= 15 is 0 Å². The van der Waals surface area contributed by atoms with Gasteiger partial charge in [0.15, 0.2) is 0 Å². The van der Waals surface area contributed by atoms with Crippen LogP contribution in [0.2, 0.25) is 0 Å². The largest absolute Gasteiger partial charge is 0.233 e. The Bertz CT molecular complexity index is 668. The molecule has 5 heteroatoms. The fourth-order valence-corrected chi connectivity index (χ4v) is 3.39. The van der Waals surface area contributed by atoms with Crippen LogP contribution in [0.5, 0.6) is 0 Å². The number of rotatable bonds is 7. The van der Waals surface area contributed by atoms with Gasteiger partial charge in [0.05, 0.1) is 0 Å². The zero-order valence-electron chi connectivity index (χ0n) is 11.5. The molecule has 0 aliphatic heterocycles. The normalized spacial score (nSPS) is 11.8. The maximum Gasteiger partial charge on any atom is 0.233 e. The average molecular weight is 319 g/mol. The molecular formula is C16H17NO2S2. The molecule has 0 atom stereocenters. The molecule has 1 N–H and O–H groups in total. The molecule has 2 aromatic carbocycles. The summed E-state index contributed by atoms with van der Waals surface area (Å²) in [5.74, 6) is 0.697. The number of nitrogens with one attached hydrogen (secondary N) is 1. The van der Waals surface area contributed by atoms with Crippen LogP contribution in [0.3, 0.4) is 0 Å². The highest BCUT2D eigenvalue weighted by molar-refractivity contribution is 7.99. The van der Waals surface area contributed by atoms with Crippen molar-refractivity contribution in [1.29, 1.82) is 0 Å². The molecule has 0 amide bonds. The molecule has 0 saturated carbocycles. The number of hydrogen-bond acceptors (Lipinski definition) is 3. The third kappa shape index (κ3) is 6.16. The van der Waals surface area contributed by atoms with Gasteiger partial charge in [0, 0.05) is 22.6 Å². The monoisotopic (exact) mass is 319 g/mol. The van der Waals surface area contributed by atoms with E-state index in [1.54, 1.807) is 17.8 Å². The van der Waals surface area contributed by atoms with Gasteiger partial charge in [-0.15, -0.1) is 11.8 Å². The molecule has 2 rings (SSSR count). The van der Waals surface area contributed by atoms with Gasteiger partial charge in [-0.1, -0.05) is 48.5 Å². The molecule has 0 fully saturated rings. The summed E-state index contributed by atoms with van der Waals surface area (Å²) in [7, 11) is -3.38. The van der Waals surface area contributed by atoms with E-state index in [9.17, 15) is 8.42 Å². The van der Waals surface area contributed by atoms with Gasteiger partial charge in [0.1, 0.15) is 0 Å². The molecule has 0 bridgehead atoms. The van der Waals surface area contributed by atoms with Gasteiger partial charge in [0.25, 0.3) is 0 Å². The first-order valence-corrected chi connectivity index (χ1v) is 9.09. The van der Waals surface area contributed by atoms with Gasteiger partial charge in [0.2, 0.25) is 10.0 Å². The van der Waals surface area contributed by atoms with E-state index < -0.39 is 10.0 Å². The average Bonchev–Trinajstić information content (AvgIpc) is 2.52. The van der Waals surface area contributed by atoms with Crippen LogP contribution in [-0.2, 0) is 10.0 Å². The third-order valence-corrected chi connectivity index (χ3v) is 4.77. The van der Waals surface area contributed by atoms with Crippen molar-refractivity contribution >= 4 is 27.9 Å². The predicted octanol–water partition coefficient (Wildman–Crippen LogP) is 3.37. The van der Waals surface area contributed by atoms with Crippen LogP contribution >= 0.6 is 11.8 Å². The van der Waals surface area contributed by atoms with E-state index in [-0.39, 0.29) is 0 Å². The molecule has 0 saturated heterocycles. The molecule has 0 aliphatic rings. The van der Waals surface area contributed by atoms with Crippen LogP contribution in [0, 0.1) is 0 Å². The Morgan fingerprint density at radius 3 is 2.24 bits per heavy atom. The smallest absolute Gasteiger partial charge is 0.211 e. The zero-order valence-corrected chi connectivity index (χ0v) is 13.1. The van der Waals surface area contributed by atoms with E-state index in [1.807, 2.05) is 60.7 Å². The number of benzene rings is 2. The number of thioether (sulfide) groups is 1. The van der Waals surface area contributed by atoms with Gasteiger partial charge in [-0.05, 0) is 23.8 Å². The molecule has 21 heavy (non-hydrogen) atoms. The van der Waals surface area contributed by atoms with Gasteiger partial charge in [-0.25, -0.2) is 13.1 Å². The fraction of sp³-hybridized carbons (Fsp3) is 0.125. The van der Waals surface area contributed by atoms with Crippen LogP contribution in [-0.4, -0.2) is 20.7 Å². The van der Waals surface area contributed by atoms with E-state index in [0.29, 0.717) is 12.3 Å². The summed E-state index contributed by atoms with van der Waals surface area (Å²) in [5, 5.41) is 1.20. The van der Waals surface area contributed by atoms with Crippen LogP contribution in [0.15, 0.2) is 71.0 Å². The lowest BCUT2D eigenvalue weighted by Crippen LogP contribution is -2.23. The minimum atomic E-state index is -3.38. The van der Waals surface area contributed by atoms with Crippen LogP contribution in [0.4, 0.5) is 0 Å². The Morgan fingerprint density at radius 2 is 1.57 bits per heavy atom. The molecule has 0 aliphatic carbocycles. The van der Waals surface area contributed by atoms with Crippen molar-refractivity contribution in [3.63, 3.8) is 0 Å². The molecule has 0 unspecified atom stereocenters. The second kappa shape index (κ2) is 8.02. The SMILES string of the molecule is O=S(=O)(/C=C/c1ccccc1)NCCSc1ccccc1. The maximum atomic E-state index is 11.8. The lowest BCUT2D eigenvalue weighted by molar-refractivity contribution is 0.593. The van der Waals surface area contributed by atoms with Crippen molar-refractivity contribution in [1.82, 2.24) is 4.72 Å². The summed E-state index contributed by atoms with van der Waals surface area (Å²) >= 11 is 1.62. The van der Waals surface area contributed by atoms with Crippen molar-refractivity contribution in [2.45, 2.75) is 4.90 Å². The van der Waals surface area contributed by atoms with Gasteiger partial charge in [-0.2, -0.15) is 0 Å². The summed E-state index contributed by atoms with van der Waals surface area (Å²) in [6.07, 6.45) is 1.59. The first-order chi connectivity index (χ1) is 10.2. The highest BCUT2D eigenvalue weighted by Crippen LogP contribution is 2.15. The van der Waals surface area contributed by atoms with Crippen molar-refractivity contribution in [2.24, 2.45) is 0 Å². The summed E-state index contributed by atoms with van der Waals surface area (Å²) < 4.78 is 26.2. The van der Waals surface area contributed by atoms with E-state index in [2.05, 4.69) is 4.72 Å². The lowest BCUT2D eigenvalue weighted by Gasteiger charge is -2.03. The Labute approximate surface area is 130 Å².